The van der Waals surface area contributed by atoms with E-state index < -0.39 is 8.03 Å². The molecule has 0 saturated heterocycles. The fourth-order valence-electron chi connectivity index (χ4n) is 2.54. The van der Waals surface area contributed by atoms with Crippen LogP contribution in [0, 0.1) is 5.82 Å². The van der Waals surface area contributed by atoms with Crippen LogP contribution in [0.4, 0.5) is 0 Å². The van der Waals surface area contributed by atoms with E-state index in [1.807, 2.05) is 67.6 Å². The first-order chi connectivity index (χ1) is 10.6. The van der Waals surface area contributed by atoms with Gasteiger partial charge in [-0.3, -0.25) is 0 Å². The number of hydrogen-bond acceptors (Lipinski definition) is 2. The van der Waals surface area contributed by atoms with Crippen LogP contribution >= 0.6 is 32.8 Å². The number of halogens is 2. The third kappa shape index (κ3) is 7.69. The van der Waals surface area contributed by atoms with Crippen molar-refractivity contribution in [2.45, 2.75) is 20.3 Å². The Bertz CT molecular complexity index is 717. The minimum Gasteiger partial charge on any atom is -0.602 e. The van der Waals surface area contributed by atoms with Crippen molar-refractivity contribution in [3.8, 4) is 0 Å². The van der Waals surface area contributed by atoms with E-state index in [0.717, 1.165) is 28.7 Å². The Labute approximate surface area is 182 Å². The number of hydrogen-bond donors (Lipinski definition) is 0. The third-order valence-corrected chi connectivity index (χ3v) is 3.98. The van der Waals surface area contributed by atoms with Gasteiger partial charge in [-0.15, -0.1) is 53.7 Å². The Morgan fingerprint density at radius 3 is 1.80 bits per heavy atom. The topological polar surface area (TPSA) is 40.1 Å². The summed E-state index contributed by atoms with van der Waals surface area (Å²) in [5.74, 6) is 2.59. The summed E-state index contributed by atoms with van der Waals surface area (Å²) < 4.78 is 11.2. The Morgan fingerprint density at radius 2 is 1.40 bits per heavy atom. The van der Waals surface area contributed by atoms with Crippen LogP contribution in [0.15, 0.2) is 66.2 Å². The average molecular weight is 473 g/mol. The second-order valence-electron chi connectivity index (χ2n) is 4.93. The van der Waals surface area contributed by atoms with Gasteiger partial charge in [0.15, 0.2) is 0 Å². The molecule has 2 rings (SSSR count). The summed E-state index contributed by atoms with van der Waals surface area (Å²) in [7, 11) is -2.72. The number of allylic oxidation sites excluding steroid dienone is 3. The quantitative estimate of drug-likeness (QED) is 0.320. The summed E-state index contributed by atoms with van der Waals surface area (Å²) in [5.41, 5.74) is 4.68. The zero-order valence-corrected chi connectivity index (χ0v) is 19.0. The van der Waals surface area contributed by atoms with Crippen LogP contribution in [-0.4, -0.2) is 0 Å². The monoisotopic (exact) mass is 471 g/mol. The molecule has 0 aromatic heterocycles. The van der Waals surface area contributed by atoms with Crippen LogP contribution < -0.4 is 4.89 Å². The van der Waals surface area contributed by atoms with E-state index in [4.69, 9.17) is 0 Å². The van der Waals surface area contributed by atoms with Gasteiger partial charge < -0.3 is 4.89 Å². The standard InChI is InChI=1S/C19H18O2P.2ClH.Zr/c1-3-18(16-10-6-4-7-11-16)15(2)19(14-22(20)21)17-12-8-5-9-13-17;;;/h4-13H,3H2,1-2H3;2*1H;/q-1;;;. The van der Waals surface area contributed by atoms with Crippen molar-refractivity contribution in [3.63, 3.8) is 0 Å². The van der Waals surface area contributed by atoms with Gasteiger partial charge in [-0.05, 0) is 12.0 Å². The van der Waals surface area contributed by atoms with E-state index in [0.29, 0.717) is 5.57 Å². The molecule has 132 valence electrons. The van der Waals surface area contributed by atoms with Crippen molar-refractivity contribution in [1.82, 2.24) is 0 Å². The predicted molar refractivity (Wildman–Crippen MR) is 105 cm³/mol. The molecule has 2 aromatic rings. The summed E-state index contributed by atoms with van der Waals surface area (Å²) in [6, 6.07) is 19.6. The molecule has 1 unspecified atom stereocenters. The van der Waals surface area contributed by atoms with E-state index in [2.05, 4.69) is 12.7 Å². The Balaban J connectivity index is 0. The molecule has 0 aliphatic heterocycles. The molecule has 0 spiro atoms. The Morgan fingerprint density at radius 1 is 0.960 bits per heavy atom. The summed E-state index contributed by atoms with van der Waals surface area (Å²) in [6.45, 7) is 4.03. The van der Waals surface area contributed by atoms with Crippen LogP contribution in [0.25, 0.3) is 11.1 Å². The molecular formula is C19H20Cl2O2PZr-. The maximum Gasteiger partial charge on any atom is 0.279 e. The first kappa shape index (κ1) is 26.7. The first-order valence-corrected chi connectivity index (χ1v) is 8.40. The van der Waals surface area contributed by atoms with Gasteiger partial charge in [0.1, 0.15) is 0 Å². The summed E-state index contributed by atoms with van der Waals surface area (Å²) >= 11 is 0. The van der Waals surface area contributed by atoms with E-state index in [9.17, 15) is 9.46 Å². The molecule has 0 amide bonds. The normalized spacial score (nSPS) is 12.0. The van der Waals surface area contributed by atoms with Crippen molar-refractivity contribution in [2.75, 3.05) is 0 Å². The van der Waals surface area contributed by atoms with Crippen molar-refractivity contribution < 1.29 is 35.7 Å². The molecule has 0 heterocycles. The zero-order valence-electron chi connectivity index (χ0n) is 14.1. The van der Waals surface area contributed by atoms with Crippen LogP contribution in [0.3, 0.4) is 0 Å². The molecule has 25 heavy (non-hydrogen) atoms. The van der Waals surface area contributed by atoms with Crippen molar-refractivity contribution in [2.24, 2.45) is 0 Å². The Kier molecular flexibility index (Phi) is 14.5. The van der Waals surface area contributed by atoms with Gasteiger partial charge in [0.2, 0.25) is 0 Å². The molecule has 0 radical (unpaired) electrons. The van der Waals surface area contributed by atoms with Gasteiger partial charge in [-0.2, -0.15) is 0 Å². The molecule has 0 N–H and O–H groups in total. The minimum absolute atomic E-state index is 0. The average Bonchev–Trinajstić information content (AvgIpc) is 2.55. The van der Waals surface area contributed by atoms with Gasteiger partial charge in [0, 0.05) is 26.2 Å². The van der Waals surface area contributed by atoms with Gasteiger partial charge in [-0.1, -0.05) is 72.5 Å². The van der Waals surface area contributed by atoms with Gasteiger partial charge >= 0.3 is 0 Å². The Hall–Kier alpha value is -0.557. The zero-order chi connectivity index (χ0) is 15.9. The largest absolute Gasteiger partial charge is 0.602 e. The number of benzene rings is 2. The first-order valence-electron chi connectivity index (χ1n) is 7.22. The molecule has 0 saturated carbocycles. The van der Waals surface area contributed by atoms with Crippen LogP contribution in [0.5, 0.6) is 0 Å². The molecule has 0 bridgehead atoms. The smallest absolute Gasteiger partial charge is 0.279 e. The molecule has 0 aliphatic rings. The van der Waals surface area contributed by atoms with Gasteiger partial charge in [-0.25, -0.2) is 0 Å². The maximum absolute atomic E-state index is 11.2. The minimum atomic E-state index is -2.72. The molecule has 0 aliphatic carbocycles. The van der Waals surface area contributed by atoms with Crippen molar-refractivity contribution >= 4 is 44.0 Å². The van der Waals surface area contributed by atoms with E-state index in [1.165, 1.54) is 0 Å². The van der Waals surface area contributed by atoms with Crippen molar-refractivity contribution in [3.05, 3.63) is 83.2 Å². The van der Waals surface area contributed by atoms with Crippen LogP contribution in [-0.2, 0) is 30.8 Å². The maximum atomic E-state index is 11.2. The second-order valence-corrected chi connectivity index (χ2v) is 5.67. The molecule has 2 nitrogen and oxygen atoms in total. The summed E-state index contributed by atoms with van der Waals surface area (Å²) in [5, 5.41) is 0. The third-order valence-electron chi connectivity index (χ3n) is 3.57. The molecular weight excluding hydrogens is 453 g/mol. The summed E-state index contributed by atoms with van der Waals surface area (Å²) in [6.07, 6.45) is 0.823. The SMILES string of the molecule is CCC(=C(C)C(=[C-][P+](=O)[O-])c1ccccc1)c1ccccc1.Cl.Cl.[Zr]. The second kappa shape index (κ2) is 13.6. The molecule has 0 fully saturated rings. The fourth-order valence-corrected chi connectivity index (χ4v) is 3.02. The van der Waals surface area contributed by atoms with Gasteiger partial charge in [0.25, 0.3) is 8.03 Å². The molecule has 6 heteroatoms. The molecule has 2 aromatic carbocycles. The van der Waals surface area contributed by atoms with E-state index in [-0.39, 0.29) is 51.0 Å². The van der Waals surface area contributed by atoms with Crippen LogP contribution in [0.2, 0.25) is 0 Å². The summed E-state index contributed by atoms with van der Waals surface area (Å²) in [4.78, 5) is 11.2. The van der Waals surface area contributed by atoms with E-state index >= 15 is 0 Å². The van der Waals surface area contributed by atoms with Crippen molar-refractivity contribution in [1.29, 1.82) is 0 Å². The van der Waals surface area contributed by atoms with E-state index in [1.54, 1.807) is 0 Å². The number of rotatable bonds is 5. The predicted octanol–water partition coefficient (Wildman–Crippen LogP) is 5.66. The van der Waals surface area contributed by atoms with Crippen LogP contribution in [0.1, 0.15) is 31.4 Å². The fraction of sp³-hybridized carbons (Fsp3) is 0.158. The molecule has 1 atom stereocenters. The van der Waals surface area contributed by atoms with Gasteiger partial charge in [0.05, 0.1) is 5.82 Å².